The van der Waals surface area contributed by atoms with Crippen LogP contribution >= 0.6 is 0 Å². The summed E-state index contributed by atoms with van der Waals surface area (Å²) in [5.74, 6) is 0. The second-order valence-corrected chi connectivity index (χ2v) is 7.81. The summed E-state index contributed by atoms with van der Waals surface area (Å²) in [5, 5.41) is 11.0. The number of hydrogen-bond donors (Lipinski definition) is 1. The van der Waals surface area contributed by atoms with E-state index in [4.69, 9.17) is 0 Å². The molecule has 24 heavy (non-hydrogen) atoms. The first-order valence-corrected chi connectivity index (χ1v) is 9.91. The molecule has 8 heteroatoms. The van der Waals surface area contributed by atoms with E-state index in [1.165, 1.54) is 43.5 Å². The van der Waals surface area contributed by atoms with Gasteiger partial charge in [-0.3, -0.25) is 10.1 Å². The summed E-state index contributed by atoms with van der Waals surface area (Å²) >= 11 is 0. The molecule has 0 spiro atoms. The van der Waals surface area contributed by atoms with Gasteiger partial charge in [0.2, 0.25) is 10.0 Å². The van der Waals surface area contributed by atoms with Crippen LogP contribution in [0.3, 0.4) is 0 Å². The smallest absolute Gasteiger partial charge is 0.289 e. The monoisotopic (exact) mass is 355 g/mol. The van der Waals surface area contributed by atoms with Crippen molar-refractivity contribution in [1.29, 1.82) is 0 Å². The number of hydrogen-bond acceptors (Lipinski definition) is 5. The summed E-state index contributed by atoms with van der Waals surface area (Å²) in [7, 11) is -3.87. The highest BCUT2D eigenvalue weighted by Gasteiger charge is 2.25. The fourth-order valence-electron chi connectivity index (χ4n) is 3.22. The number of likely N-dealkylation sites (tertiary alicyclic amines) is 1. The minimum Gasteiger partial charge on any atom is -0.300 e. The summed E-state index contributed by atoms with van der Waals surface area (Å²) in [6.07, 6.45) is 5.47. The number of sulfonamides is 1. The third-order valence-electron chi connectivity index (χ3n) is 4.49. The third kappa shape index (κ3) is 4.75. The van der Waals surface area contributed by atoms with E-state index in [1.807, 2.05) is 0 Å². The van der Waals surface area contributed by atoms with Crippen LogP contribution in [0.4, 0.5) is 5.69 Å². The first-order valence-electron chi connectivity index (χ1n) is 8.43. The van der Waals surface area contributed by atoms with Crippen LogP contribution < -0.4 is 4.72 Å². The van der Waals surface area contributed by atoms with Crippen molar-refractivity contribution in [3.05, 3.63) is 34.4 Å². The van der Waals surface area contributed by atoms with Crippen molar-refractivity contribution in [2.45, 2.75) is 50.0 Å². The van der Waals surface area contributed by atoms with E-state index in [9.17, 15) is 18.5 Å². The molecule has 1 heterocycles. The quantitative estimate of drug-likeness (QED) is 0.439. The lowest BCUT2D eigenvalue weighted by Gasteiger charge is -2.35. The highest BCUT2D eigenvalue weighted by atomic mass is 32.2. The molecule has 0 unspecified atom stereocenters. The van der Waals surface area contributed by atoms with Crippen LogP contribution in [0.1, 0.15) is 39.0 Å². The van der Waals surface area contributed by atoms with Gasteiger partial charge in [0.25, 0.3) is 5.69 Å². The Labute approximate surface area is 143 Å². The van der Waals surface area contributed by atoms with Crippen LogP contribution in [0.5, 0.6) is 0 Å². The first-order chi connectivity index (χ1) is 11.5. The van der Waals surface area contributed by atoms with Crippen molar-refractivity contribution in [3.63, 3.8) is 0 Å². The zero-order valence-corrected chi connectivity index (χ0v) is 14.8. The van der Waals surface area contributed by atoms with Crippen molar-refractivity contribution < 1.29 is 13.3 Å². The van der Waals surface area contributed by atoms with Crippen LogP contribution in [0.25, 0.3) is 0 Å². The van der Waals surface area contributed by atoms with E-state index < -0.39 is 20.6 Å². The van der Waals surface area contributed by atoms with Gasteiger partial charge in [0.1, 0.15) is 0 Å². The van der Waals surface area contributed by atoms with Gasteiger partial charge in [-0.05, 0) is 44.8 Å². The Balaban J connectivity index is 1.90. The zero-order valence-electron chi connectivity index (χ0n) is 14.0. The van der Waals surface area contributed by atoms with Gasteiger partial charge in [0.15, 0.2) is 4.90 Å². The first kappa shape index (κ1) is 18.8. The Kier molecular flexibility index (Phi) is 6.70. The number of nitro benzene ring substituents is 1. The average Bonchev–Trinajstić information content (AvgIpc) is 2.59. The Morgan fingerprint density at radius 3 is 2.79 bits per heavy atom. The van der Waals surface area contributed by atoms with Crippen LogP contribution in [0, 0.1) is 10.1 Å². The zero-order chi connectivity index (χ0) is 17.6. The van der Waals surface area contributed by atoms with Gasteiger partial charge in [0, 0.05) is 18.7 Å². The van der Waals surface area contributed by atoms with Crippen LogP contribution in [0.2, 0.25) is 0 Å². The summed E-state index contributed by atoms with van der Waals surface area (Å²) in [5.41, 5.74) is -0.396. The number of para-hydroxylation sites is 1. The molecule has 1 aliphatic rings. The Hall–Kier alpha value is -1.51. The van der Waals surface area contributed by atoms with Crippen LogP contribution in [-0.4, -0.2) is 43.9 Å². The van der Waals surface area contributed by atoms with E-state index in [1.54, 1.807) is 0 Å². The van der Waals surface area contributed by atoms with E-state index in [-0.39, 0.29) is 11.4 Å². The molecule has 0 aliphatic carbocycles. The van der Waals surface area contributed by atoms with Crippen LogP contribution in [-0.2, 0) is 10.0 Å². The molecule has 0 radical (unpaired) electrons. The van der Waals surface area contributed by atoms with Gasteiger partial charge in [-0.25, -0.2) is 13.1 Å². The second kappa shape index (κ2) is 8.55. The lowest BCUT2D eigenvalue weighted by molar-refractivity contribution is -0.387. The topological polar surface area (TPSA) is 92.6 Å². The molecule has 134 valence electrons. The number of piperidine rings is 1. The Morgan fingerprint density at radius 2 is 2.08 bits per heavy atom. The number of rotatable bonds is 8. The van der Waals surface area contributed by atoms with Crippen molar-refractivity contribution >= 4 is 15.7 Å². The molecule has 2 rings (SSSR count). The highest BCUT2D eigenvalue weighted by Crippen LogP contribution is 2.23. The predicted molar refractivity (Wildman–Crippen MR) is 92.4 cm³/mol. The van der Waals surface area contributed by atoms with Gasteiger partial charge in [-0.15, -0.1) is 0 Å². The van der Waals surface area contributed by atoms with Gasteiger partial charge >= 0.3 is 0 Å². The van der Waals surface area contributed by atoms with E-state index in [2.05, 4.69) is 16.5 Å². The highest BCUT2D eigenvalue weighted by molar-refractivity contribution is 7.89. The summed E-state index contributed by atoms with van der Waals surface area (Å²) < 4.78 is 27.1. The minimum atomic E-state index is -3.87. The lowest BCUT2D eigenvalue weighted by Crippen LogP contribution is -2.40. The standard InChI is InChI=1S/C16H25N3O4S/c1-2-14-8-5-6-12-18(14)13-7-11-17-24(22,23)16-10-4-3-9-15(16)19(20)21/h3-4,9-10,14,17H,2,5-8,11-13H2,1H3/t14-/m1/s1. The number of nitrogens with one attached hydrogen (secondary N) is 1. The maximum absolute atomic E-state index is 12.3. The fraction of sp³-hybridized carbons (Fsp3) is 0.625. The molecular weight excluding hydrogens is 330 g/mol. The molecule has 1 fully saturated rings. The SMILES string of the molecule is CC[C@@H]1CCCCN1CCCNS(=O)(=O)c1ccccc1[N+](=O)[O-]. The molecular formula is C16H25N3O4S. The van der Waals surface area contributed by atoms with E-state index in [0.717, 1.165) is 19.5 Å². The van der Waals surface area contributed by atoms with Crippen molar-refractivity contribution in [3.8, 4) is 0 Å². The van der Waals surface area contributed by atoms with E-state index in [0.29, 0.717) is 12.5 Å². The third-order valence-corrected chi connectivity index (χ3v) is 5.99. The normalized spacial score (nSPS) is 19.3. The molecule has 0 saturated carbocycles. The maximum Gasteiger partial charge on any atom is 0.289 e. The predicted octanol–water partition coefficient (Wildman–Crippen LogP) is 2.53. The molecule has 0 bridgehead atoms. The molecule has 7 nitrogen and oxygen atoms in total. The number of benzene rings is 1. The van der Waals surface area contributed by atoms with E-state index >= 15 is 0 Å². The minimum absolute atomic E-state index is 0.278. The molecule has 0 amide bonds. The van der Waals surface area contributed by atoms with Gasteiger partial charge in [-0.1, -0.05) is 25.5 Å². The molecule has 1 aliphatic heterocycles. The largest absolute Gasteiger partial charge is 0.300 e. The van der Waals surface area contributed by atoms with Crippen molar-refractivity contribution in [2.24, 2.45) is 0 Å². The molecule has 1 aromatic carbocycles. The Morgan fingerprint density at radius 1 is 1.33 bits per heavy atom. The molecule has 1 saturated heterocycles. The van der Waals surface area contributed by atoms with Crippen LogP contribution in [0.15, 0.2) is 29.2 Å². The van der Waals surface area contributed by atoms with Crippen molar-refractivity contribution in [2.75, 3.05) is 19.6 Å². The van der Waals surface area contributed by atoms with Gasteiger partial charge in [-0.2, -0.15) is 0 Å². The average molecular weight is 355 g/mol. The summed E-state index contributed by atoms with van der Waals surface area (Å²) in [6, 6.07) is 6.00. The fourth-order valence-corrected chi connectivity index (χ4v) is 4.46. The Bertz CT molecular complexity index is 663. The molecule has 1 aromatic rings. The summed E-state index contributed by atoms with van der Waals surface area (Å²) in [4.78, 5) is 12.4. The lowest BCUT2D eigenvalue weighted by atomic mass is 10.00. The van der Waals surface area contributed by atoms with Gasteiger partial charge < -0.3 is 4.90 Å². The van der Waals surface area contributed by atoms with Gasteiger partial charge in [0.05, 0.1) is 4.92 Å². The second-order valence-electron chi connectivity index (χ2n) is 6.07. The molecule has 0 aromatic heterocycles. The molecule has 1 N–H and O–H groups in total. The number of nitro groups is 1. The maximum atomic E-state index is 12.3. The molecule has 1 atom stereocenters. The number of nitrogens with zero attached hydrogens (tertiary/aromatic N) is 2. The van der Waals surface area contributed by atoms with Crippen molar-refractivity contribution in [1.82, 2.24) is 9.62 Å². The summed E-state index contributed by atoms with van der Waals surface area (Å²) in [6.45, 7) is 4.37.